The van der Waals surface area contributed by atoms with Gasteiger partial charge in [-0.3, -0.25) is 0 Å². The van der Waals surface area contributed by atoms with Crippen molar-refractivity contribution in [1.82, 2.24) is 0 Å². The smallest absolute Gasteiger partial charge is 0.0177 e. The number of allylic oxidation sites excluding steroid dienone is 1. The molecule has 1 saturated carbocycles. The summed E-state index contributed by atoms with van der Waals surface area (Å²) < 4.78 is 0. The Labute approximate surface area is 73.5 Å². The van der Waals surface area contributed by atoms with Crippen LogP contribution in [0.1, 0.15) is 25.7 Å². The molecule has 0 aliphatic heterocycles. The Balaban J connectivity index is 1.92. The van der Waals surface area contributed by atoms with Crippen LogP contribution in [0.3, 0.4) is 0 Å². The second-order valence-corrected chi connectivity index (χ2v) is 3.89. The third-order valence-corrected chi connectivity index (χ3v) is 2.77. The van der Waals surface area contributed by atoms with Gasteiger partial charge in [0.2, 0.25) is 0 Å². The molecule has 0 radical (unpaired) electrons. The SMILES string of the molecule is C#CCCSCC=C1CCC1. The highest BCUT2D eigenvalue weighted by atomic mass is 32.2. The molecule has 11 heavy (non-hydrogen) atoms. The summed E-state index contributed by atoms with van der Waals surface area (Å²) in [6.45, 7) is 0. The van der Waals surface area contributed by atoms with Crippen molar-refractivity contribution in [2.75, 3.05) is 11.5 Å². The van der Waals surface area contributed by atoms with Gasteiger partial charge in [-0.1, -0.05) is 11.6 Å². The van der Waals surface area contributed by atoms with Gasteiger partial charge < -0.3 is 0 Å². The largest absolute Gasteiger partial charge is 0.157 e. The summed E-state index contributed by atoms with van der Waals surface area (Å²) in [7, 11) is 0. The van der Waals surface area contributed by atoms with Gasteiger partial charge in [0.1, 0.15) is 0 Å². The maximum atomic E-state index is 5.13. The van der Waals surface area contributed by atoms with E-state index < -0.39 is 0 Å². The van der Waals surface area contributed by atoms with E-state index in [0.717, 1.165) is 17.9 Å². The Morgan fingerprint density at radius 3 is 2.91 bits per heavy atom. The number of rotatable bonds is 4. The van der Waals surface area contributed by atoms with Crippen molar-refractivity contribution in [3.05, 3.63) is 11.6 Å². The predicted molar refractivity (Wildman–Crippen MR) is 52.7 cm³/mol. The van der Waals surface area contributed by atoms with Gasteiger partial charge in [-0.2, -0.15) is 11.8 Å². The molecule has 1 rings (SSSR count). The Kier molecular flexibility index (Phi) is 4.23. The standard InChI is InChI=1S/C10H14S/c1-2-3-8-11-9-7-10-5-4-6-10/h1,7H,3-6,8-9H2. The summed E-state index contributed by atoms with van der Waals surface area (Å²) in [6, 6.07) is 0. The van der Waals surface area contributed by atoms with Gasteiger partial charge in [-0.05, 0) is 19.3 Å². The van der Waals surface area contributed by atoms with Gasteiger partial charge in [0.05, 0.1) is 0 Å². The lowest BCUT2D eigenvalue weighted by Gasteiger charge is -2.15. The lowest BCUT2D eigenvalue weighted by Crippen LogP contribution is -1.96. The number of hydrogen-bond acceptors (Lipinski definition) is 1. The van der Waals surface area contributed by atoms with Crippen LogP contribution in [0.5, 0.6) is 0 Å². The van der Waals surface area contributed by atoms with E-state index in [1.165, 1.54) is 19.3 Å². The van der Waals surface area contributed by atoms with Crippen molar-refractivity contribution in [3.63, 3.8) is 0 Å². The van der Waals surface area contributed by atoms with Gasteiger partial charge in [0.15, 0.2) is 0 Å². The lowest BCUT2D eigenvalue weighted by atomic mass is 9.93. The third-order valence-electron chi connectivity index (χ3n) is 1.88. The molecule has 0 spiro atoms. The minimum absolute atomic E-state index is 0.911. The van der Waals surface area contributed by atoms with Gasteiger partial charge >= 0.3 is 0 Å². The fourth-order valence-corrected chi connectivity index (χ4v) is 1.76. The molecule has 1 fully saturated rings. The maximum absolute atomic E-state index is 5.13. The normalized spacial score (nSPS) is 15.4. The fourth-order valence-electron chi connectivity index (χ4n) is 0.976. The molecule has 0 unspecified atom stereocenters. The molecular formula is C10H14S. The molecule has 0 nitrogen and oxygen atoms in total. The zero-order valence-electron chi connectivity index (χ0n) is 6.81. The molecule has 0 heterocycles. The van der Waals surface area contributed by atoms with Gasteiger partial charge in [0, 0.05) is 17.9 Å². The summed E-state index contributed by atoms with van der Waals surface area (Å²) in [4.78, 5) is 0. The molecule has 0 bridgehead atoms. The van der Waals surface area contributed by atoms with E-state index in [9.17, 15) is 0 Å². The van der Waals surface area contributed by atoms with Crippen molar-refractivity contribution < 1.29 is 0 Å². The van der Waals surface area contributed by atoms with Crippen LogP contribution in [-0.2, 0) is 0 Å². The maximum Gasteiger partial charge on any atom is 0.0177 e. The molecule has 0 aromatic carbocycles. The molecule has 1 aliphatic carbocycles. The van der Waals surface area contributed by atoms with Crippen molar-refractivity contribution in [1.29, 1.82) is 0 Å². The highest BCUT2D eigenvalue weighted by Crippen LogP contribution is 2.25. The lowest BCUT2D eigenvalue weighted by molar-refractivity contribution is 0.661. The molecular weight excluding hydrogens is 152 g/mol. The van der Waals surface area contributed by atoms with Crippen LogP contribution in [0.2, 0.25) is 0 Å². The Bertz CT molecular complexity index is 168. The number of terminal acetylenes is 1. The molecule has 0 saturated heterocycles. The van der Waals surface area contributed by atoms with E-state index in [1.54, 1.807) is 5.57 Å². The summed E-state index contributed by atoms with van der Waals surface area (Å²) in [5, 5.41) is 0. The van der Waals surface area contributed by atoms with E-state index in [2.05, 4.69) is 12.0 Å². The Morgan fingerprint density at radius 2 is 2.36 bits per heavy atom. The zero-order chi connectivity index (χ0) is 7.94. The fraction of sp³-hybridized carbons (Fsp3) is 0.600. The monoisotopic (exact) mass is 166 g/mol. The van der Waals surface area contributed by atoms with Crippen LogP contribution in [0.25, 0.3) is 0 Å². The van der Waals surface area contributed by atoms with Crippen LogP contribution >= 0.6 is 11.8 Å². The zero-order valence-corrected chi connectivity index (χ0v) is 7.62. The molecule has 1 aliphatic rings. The first-order chi connectivity index (χ1) is 5.43. The Morgan fingerprint density at radius 1 is 1.55 bits per heavy atom. The third kappa shape index (κ3) is 3.53. The van der Waals surface area contributed by atoms with E-state index in [0.29, 0.717) is 0 Å². The predicted octanol–water partition coefficient (Wildman–Crippen LogP) is 2.85. The first kappa shape index (κ1) is 8.74. The van der Waals surface area contributed by atoms with Gasteiger partial charge in [-0.15, -0.1) is 12.3 Å². The van der Waals surface area contributed by atoms with E-state index in [-0.39, 0.29) is 0 Å². The molecule has 0 atom stereocenters. The number of thioether (sulfide) groups is 1. The summed E-state index contributed by atoms with van der Waals surface area (Å²) in [5.41, 5.74) is 1.65. The Hall–Kier alpha value is -0.350. The van der Waals surface area contributed by atoms with Crippen molar-refractivity contribution in [2.24, 2.45) is 0 Å². The van der Waals surface area contributed by atoms with Crippen molar-refractivity contribution in [3.8, 4) is 12.3 Å². The molecule has 0 amide bonds. The summed E-state index contributed by atoms with van der Waals surface area (Å²) >= 11 is 1.94. The van der Waals surface area contributed by atoms with E-state index in [4.69, 9.17) is 6.42 Å². The van der Waals surface area contributed by atoms with Crippen LogP contribution in [-0.4, -0.2) is 11.5 Å². The van der Waals surface area contributed by atoms with Crippen LogP contribution < -0.4 is 0 Å². The topological polar surface area (TPSA) is 0 Å². The summed E-state index contributed by atoms with van der Waals surface area (Å²) in [5.74, 6) is 4.92. The molecule has 1 heteroatoms. The minimum atomic E-state index is 0.911. The summed E-state index contributed by atoms with van der Waals surface area (Å²) in [6.07, 6.45) is 12.5. The van der Waals surface area contributed by atoms with Crippen molar-refractivity contribution >= 4 is 11.8 Å². The molecule has 0 aromatic heterocycles. The van der Waals surface area contributed by atoms with E-state index in [1.807, 2.05) is 11.8 Å². The molecule has 0 aromatic rings. The average Bonchev–Trinajstić information content (AvgIpc) is 1.93. The average molecular weight is 166 g/mol. The highest BCUT2D eigenvalue weighted by molar-refractivity contribution is 7.99. The second-order valence-electron chi connectivity index (χ2n) is 2.74. The quantitative estimate of drug-likeness (QED) is 0.351. The minimum Gasteiger partial charge on any atom is -0.157 e. The van der Waals surface area contributed by atoms with Crippen LogP contribution in [0.15, 0.2) is 11.6 Å². The van der Waals surface area contributed by atoms with Gasteiger partial charge in [0.25, 0.3) is 0 Å². The van der Waals surface area contributed by atoms with Gasteiger partial charge in [-0.25, -0.2) is 0 Å². The number of hydrogen-bond donors (Lipinski definition) is 0. The van der Waals surface area contributed by atoms with Crippen LogP contribution in [0.4, 0.5) is 0 Å². The van der Waals surface area contributed by atoms with Crippen LogP contribution in [0, 0.1) is 12.3 Å². The van der Waals surface area contributed by atoms with Crippen molar-refractivity contribution in [2.45, 2.75) is 25.7 Å². The molecule has 0 N–H and O–H groups in total. The van der Waals surface area contributed by atoms with E-state index >= 15 is 0 Å². The highest BCUT2D eigenvalue weighted by Gasteiger charge is 2.06. The molecule has 60 valence electrons. The second kappa shape index (κ2) is 5.32. The first-order valence-electron chi connectivity index (χ1n) is 4.12. The first-order valence-corrected chi connectivity index (χ1v) is 5.28.